The number of aromatic nitrogens is 2. The minimum absolute atomic E-state index is 0.155. The van der Waals surface area contributed by atoms with Crippen LogP contribution < -0.4 is 5.32 Å². The predicted molar refractivity (Wildman–Crippen MR) is 87.6 cm³/mol. The Labute approximate surface area is 140 Å². The number of urea groups is 1. The SMILES string of the molecule is Cc1cnn(-c2ccc(C(C)NC(=O)N3CCOCC3)cc2F)c1. The highest BCUT2D eigenvalue weighted by molar-refractivity contribution is 5.74. The molecule has 7 heteroatoms. The lowest BCUT2D eigenvalue weighted by molar-refractivity contribution is 0.0526. The Kier molecular flexibility index (Phi) is 4.80. The minimum Gasteiger partial charge on any atom is -0.378 e. The molecule has 1 aromatic carbocycles. The van der Waals surface area contributed by atoms with Crippen molar-refractivity contribution in [1.29, 1.82) is 0 Å². The Morgan fingerprint density at radius 1 is 1.38 bits per heavy atom. The van der Waals surface area contributed by atoms with Crippen LogP contribution in [0.1, 0.15) is 24.1 Å². The van der Waals surface area contributed by atoms with Crippen molar-refractivity contribution >= 4 is 6.03 Å². The van der Waals surface area contributed by atoms with E-state index >= 15 is 0 Å². The third kappa shape index (κ3) is 3.56. The predicted octanol–water partition coefficient (Wildman–Crippen LogP) is 2.42. The van der Waals surface area contributed by atoms with Crippen molar-refractivity contribution in [2.24, 2.45) is 0 Å². The van der Waals surface area contributed by atoms with Gasteiger partial charge in [-0.1, -0.05) is 6.07 Å². The fraction of sp³-hybridized carbons (Fsp3) is 0.412. The molecule has 6 nitrogen and oxygen atoms in total. The summed E-state index contributed by atoms with van der Waals surface area (Å²) in [5.41, 5.74) is 2.06. The molecular weight excluding hydrogens is 311 g/mol. The van der Waals surface area contributed by atoms with E-state index in [0.717, 1.165) is 5.56 Å². The van der Waals surface area contributed by atoms with Gasteiger partial charge in [-0.2, -0.15) is 5.10 Å². The van der Waals surface area contributed by atoms with Gasteiger partial charge in [-0.3, -0.25) is 0 Å². The molecule has 24 heavy (non-hydrogen) atoms. The third-order valence-corrected chi connectivity index (χ3v) is 4.07. The Hall–Kier alpha value is -2.41. The molecule has 1 fully saturated rings. The maximum absolute atomic E-state index is 14.4. The van der Waals surface area contributed by atoms with Crippen LogP contribution in [0.25, 0.3) is 5.69 Å². The number of amides is 2. The Morgan fingerprint density at radius 2 is 2.12 bits per heavy atom. The van der Waals surface area contributed by atoms with Gasteiger partial charge in [-0.05, 0) is 37.1 Å². The van der Waals surface area contributed by atoms with Crippen molar-refractivity contribution in [1.82, 2.24) is 20.0 Å². The first kappa shape index (κ1) is 16.4. The fourth-order valence-corrected chi connectivity index (χ4v) is 2.65. The zero-order chi connectivity index (χ0) is 17.1. The zero-order valence-corrected chi connectivity index (χ0v) is 13.8. The monoisotopic (exact) mass is 332 g/mol. The largest absolute Gasteiger partial charge is 0.378 e. The van der Waals surface area contributed by atoms with Gasteiger partial charge in [0.1, 0.15) is 11.5 Å². The quantitative estimate of drug-likeness (QED) is 0.939. The van der Waals surface area contributed by atoms with Crippen molar-refractivity contribution in [3.05, 3.63) is 47.5 Å². The van der Waals surface area contributed by atoms with Gasteiger partial charge in [0, 0.05) is 19.3 Å². The molecule has 3 rings (SSSR count). The van der Waals surface area contributed by atoms with Crippen molar-refractivity contribution in [3.8, 4) is 5.69 Å². The number of carbonyl (C=O) groups excluding carboxylic acids is 1. The van der Waals surface area contributed by atoms with E-state index in [-0.39, 0.29) is 17.9 Å². The van der Waals surface area contributed by atoms with E-state index in [1.165, 1.54) is 10.7 Å². The zero-order valence-electron chi connectivity index (χ0n) is 13.8. The minimum atomic E-state index is -0.372. The molecule has 1 aliphatic heterocycles. The molecule has 2 aromatic rings. The average molecular weight is 332 g/mol. The van der Waals surface area contributed by atoms with Crippen LogP contribution in [0.5, 0.6) is 0 Å². The lowest BCUT2D eigenvalue weighted by Gasteiger charge is -2.28. The molecule has 1 N–H and O–H groups in total. The summed E-state index contributed by atoms with van der Waals surface area (Å²) in [5, 5.41) is 7.02. The maximum atomic E-state index is 14.4. The van der Waals surface area contributed by atoms with Crippen LogP contribution in [0, 0.1) is 12.7 Å². The number of morpholine rings is 1. The second-order valence-corrected chi connectivity index (χ2v) is 5.94. The van der Waals surface area contributed by atoms with E-state index in [2.05, 4.69) is 10.4 Å². The molecule has 0 spiro atoms. The number of benzene rings is 1. The normalized spacial score (nSPS) is 16.0. The number of carbonyl (C=O) groups is 1. The highest BCUT2D eigenvalue weighted by Gasteiger charge is 2.19. The molecule has 1 saturated heterocycles. The van der Waals surface area contributed by atoms with Crippen LogP contribution in [-0.4, -0.2) is 47.0 Å². The van der Waals surface area contributed by atoms with Crippen molar-refractivity contribution < 1.29 is 13.9 Å². The number of nitrogens with one attached hydrogen (secondary N) is 1. The fourth-order valence-electron chi connectivity index (χ4n) is 2.65. The molecular formula is C17H21FN4O2. The summed E-state index contributed by atoms with van der Waals surface area (Å²) in [6, 6.07) is 4.48. The second kappa shape index (κ2) is 7.00. The first-order valence-electron chi connectivity index (χ1n) is 7.99. The molecule has 0 bridgehead atoms. The first-order valence-corrected chi connectivity index (χ1v) is 7.99. The van der Waals surface area contributed by atoms with Gasteiger partial charge in [0.05, 0.1) is 25.5 Å². The van der Waals surface area contributed by atoms with Gasteiger partial charge >= 0.3 is 6.03 Å². The molecule has 1 aromatic heterocycles. The van der Waals surface area contributed by atoms with E-state index in [0.29, 0.717) is 37.6 Å². The molecule has 2 amide bonds. The van der Waals surface area contributed by atoms with Crippen LogP contribution in [0.15, 0.2) is 30.6 Å². The van der Waals surface area contributed by atoms with E-state index in [1.54, 1.807) is 29.4 Å². The summed E-state index contributed by atoms with van der Waals surface area (Å²) in [5.74, 6) is -0.372. The van der Waals surface area contributed by atoms with Crippen molar-refractivity contribution in [2.45, 2.75) is 19.9 Å². The summed E-state index contributed by atoms with van der Waals surface area (Å²) < 4.78 is 21.1. The highest BCUT2D eigenvalue weighted by Crippen LogP contribution is 2.20. The van der Waals surface area contributed by atoms with Crippen LogP contribution in [0.3, 0.4) is 0 Å². The van der Waals surface area contributed by atoms with Gasteiger partial charge in [0.2, 0.25) is 0 Å². The maximum Gasteiger partial charge on any atom is 0.318 e. The van der Waals surface area contributed by atoms with E-state index in [1.807, 2.05) is 13.8 Å². The molecule has 0 radical (unpaired) electrons. The van der Waals surface area contributed by atoms with Crippen LogP contribution >= 0.6 is 0 Å². The van der Waals surface area contributed by atoms with Crippen molar-refractivity contribution in [2.75, 3.05) is 26.3 Å². The van der Waals surface area contributed by atoms with Crippen LogP contribution in [0.2, 0.25) is 0 Å². The Morgan fingerprint density at radius 3 is 2.75 bits per heavy atom. The topological polar surface area (TPSA) is 59.4 Å². The number of ether oxygens (including phenoxy) is 1. The standard InChI is InChI=1S/C17H21FN4O2/c1-12-10-19-22(11-12)16-4-3-14(9-15(16)18)13(2)20-17(23)21-5-7-24-8-6-21/h3-4,9-11,13H,5-8H2,1-2H3,(H,20,23). The number of aryl methyl sites for hydroxylation is 1. The van der Waals surface area contributed by atoms with Gasteiger partial charge in [0.25, 0.3) is 0 Å². The van der Waals surface area contributed by atoms with E-state index in [9.17, 15) is 9.18 Å². The highest BCUT2D eigenvalue weighted by atomic mass is 19.1. The molecule has 0 saturated carbocycles. The molecule has 1 atom stereocenters. The summed E-state index contributed by atoms with van der Waals surface area (Å²) in [6.07, 6.45) is 3.44. The lowest BCUT2D eigenvalue weighted by Crippen LogP contribution is -2.46. The third-order valence-electron chi connectivity index (χ3n) is 4.07. The summed E-state index contributed by atoms with van der Waals surface area (Å²) in [6.45, 7) is 5.99. The van der Waals surface area contributed by atoms with E-state index < -0.39 is 0 Å². The number of hydrogen-bond donors (Lipinski definition) is 1. The molecule has 128 valence electrons. The molecule has 1 unspecified atom stereocenters. The smallest absolute Gasteiger partial charge is 0.318 e. The van der Waals surface area contributed by atoms with Gasteiger partial charge in [-0.15, -0.1) is 0 Å². The second-order valence-electron chi connectivity index (χ2n) is 5.94. The average Bonchev–Trinajstić information content (AvgIpc) is 3.01. The van der Waals surface area contributed by atoms with E-state index in [4.69, 9.17) is 4.74 Å². The van der Waals surface area contributed by atoms with Gasteiger partial charge < -0.3 is 15.0 Å². The Balaban J connectivity index is 1.70. The number of rotatable bonds is 3. The lowest BCUT2D eigenvalue weighted by atomic mass is 10.1. The number of hydrogen-bond acceptors (Lipinski definition) is 3. The van der Waals surface area contributed by atoms with Crippen LogP contribution in [0.4, 0.5) is 9.18 Å². The first-order chi connectivity index (χ1) is 11.5. The molecule has 1 aliphatic rings. The summed E-state index contributed by atoms with van der Waals surface area (Å²) >= 11 is 0. The van der Waals surface area contributed by atoms with Gasteiger partial charge in [0.15, 0.2) is 0 Å². The Bertz CT molecular complexity index is 725. The van der Waals surface area contributed by atoms with Crippen molar-refractivity contribution in [3.63, 3.8) is 0 Å². The van der Waals surface area contributed by atoms with Gasteiger partial charge in [-0.25, -0.2) is 13.9 Å². The number of halogens is 1. The van der Waals surface area contributed by atoms with Crippen LogP contribution in [-0.2, 0) is 4.74 Å². The summed E-state index contributed by atoms with van der Waals surface area (Å²) in [7, 11) is 0. The molecule has 0 aliphatic carbocycles. The number of nitrogens with zero attached hydrogens (tertiary/aromatic N) is 3. The summed E-state index contributed by atoms with van der Waals surface area (Å²) in [4.78, 5) is 13.9. The molecule has 2 heterocycles.